The molecule has 0 aliphatic rings. The minimum atomic E-state index is -0.205. The average molecular weight is 365 g/mol. The smallest absolute Gasteiger partial charge is 0.256 e. The topological polar surface area (TPSA) is 91.8 Å². The van der Waals surface area contributed by atoms with Crippen LogP contribution >= 0.6 is 0 Å². The third-order valence-electron chi connectivity index (χ3n) is 4.99. The Morgan fingerprint density at radius 1 is 0.815 bits per heavy atom. The van der Waals surface area contributed by atoms with Crippen molar-refractivity contribution in [3.05, 3.63) is 58.0 Å². The molecule has 27 heavy (non-hydrogen) atoms. The quantitative estimate of drug-likeness (QED) is 0.484. The molecule has 4 aromatic rings. The van der Waals surface area contributed by atoms with Gasteiger partial charge >= 0.3 is 0 Å². The van der Waals surface area contributed by atoms with Crippen LogP contribution in [0.2, 0.25) is 0 Å². The summed E-state index contributed by atoms with van der Waals surface area (Å²) >= 11 is 0. The lowest BCUT2D eigenvalue weighted by Gasteiger charge is -2.15. The van der Waals surface area contributed by atoms with Crippen molar-refractivity contribution < 1.29 is 19.7 Å². The van der Waals surface area contributed by atoms with Gasteiger partial charge in [-0.05, 0) is 57.3 Å². The molecule has 0 radical (unpaired) electrons. The first-order chi connectivity index (χ1) is 13.1. The molecule has 0 fully saturated rings. The van der Waals surface area contributed by atoms with Gasteiger partial charge in [0.2, 0.25) is 0 Å². The molecule has 4 rings (SSSR count). The van der Waals surface area contributed by atoms with E-state index in [-0.39, 0.29) is 18.8 Å². The highest BCUT2D eigenvalue weighted by Gasteiger charge is 2.16. The van der Waals surface area contributed by atoms with Crippen molar-refractivity contribution in [2.24, 2.45) is 0 Å². The van der Waals surface area contributed by atoms with E-state index in [2.05, 4.69) is 4.98 Å². The maximum atomic E-state index is 12.7. The molecule has 3 aromatic carbocycles. The summed E-state index contributed by atoms with van der Waals surface area (Å²) in [5, 5.41) is 24.0. The van der Waals surface area contributed by atoms with Crippen molar-refractivity contribution >= 4 is 32.3 Å². The van der Waals surface area contributed by atoms with Crippen molar-refractivity contribution in [2.75, 3.05) is 14.2 Å². The second kappa shape index (κ2) is 6.57. The number of aliphatic hydroxyl groups is 2. The van der Waals surface area contributed by atoms with E-state index >= 15 is 0 Å². The van der Waals surface area contributed by atoms with Crippen LogP contribution in [0.25, 0.3) is 32.3 Å². The fraction of sp³-hybridized carbons (Fsp3) is 0.190. The summed E-state index contributed by atoms with van der Waals surface area (Å²) in [6, 6.07) is 9.16. The van der Waals surface area contributed by atoms with Crippen LogP contribution in [0.15, 0.2) is 41.3 Å². The van der Waals surface area contributed by atoms with Crippen LogP contribution in [0.5, 0.6) is 11.5 Å². The van der Waals surface area contributed by atoms with Crippen LogP contribution in [-0.2, 0) is 13.2 Å². The number of fused-ring (bicyclic) bond motifs is 6. The summed E-state index contributed by atoms with van der Waals surface area (Å²) in [4.78, 5) is 15.4. The molecule has 6 nitrogen and oxygen atoms in total. The summed E-state index contributed by atoms with van der Waals surface area (Å²) in [5.74, 6) is 1.08. The largest absolute Gasteiger partial charge is 0.496 e. The molecular weight excluding hydrogens is 346 g/mol. The summed E-state index contributed by atoms with van der Waals surface area (Å²) in [7, 11) is 3.08. The SMILES string of the molecule is COc1cc2c(cc1CO)c1cc(CO)c(OC)cc1c1c(=O)[nH]ccc21. The fourth-order valence-electron chi connectivity index (χ4n) is 3.72. The van der Waals surface area contributed by atoms with Gasteiger partial charge in [0.25, 0.3) is 5.56 Å². The number of pyridine rings is 1. The van der Waals surface area contributed by atoms with Crippen LogP contribution in [-0.4, -0.2) is 29.4 Å². The van der Waals surface area contributed by atoms with Gasteiger partial charge in [0.15, 0.2) is 0 Å². The Labute approximate surface area is 154 Å². The van der Waals surface area contributed by atoms with Crippen molar-refractivity contribution in [3.8, 4) is 11.5 Å². The number of aromatic nitrogens is 1. The molecular formula is C21H19NO5. The second-order valence-electron chi connectivity index (χ2n) is 6.33. The lowest BCUT2D eigenvalue weighted by atomic mass is 9.92. The van der Waals surface area contributed by atoms with E-state index in [0.717, 1.165) is 26.9 Å². The molecule has 138 valence electrons. The normalized spacial score (nSPS) is 11.4. The Bertz CT molecular complexity index is 1240. The van der Waals surface area contributed by atoms with E-state index in [1.807, 2.05) is 24.3 Å². The molecule has 6 heteroatoms. The van der Waals surface area contributed by atoms with Gasteiger partial charge in [-0.15, -0.1) is 0 Å². The number of hydrogen-bond acceptors (Lipinski definition) is 5. The number of nitrogens with one attached hydrogen (secondary N) is 1. The molecule has 1 heterocycles. The van der Waals surface area contributed by atoms with E-state index in [1.54, 1.807) is 19.4 Å². The standard InChI is InChI=1S/C21H19NO5/c1-26-18-7-16-13-3-4-22-21(25)20(13)17-8-19(27-2)12(10-24)6-15(17)14(16)5-11(18)9-23/h3-8,23-24H,9-10H2,1-2H3,(H,22,25). The van der Waals surface area contributed by atoms with Crippen LogP contribution in [0.3, 0.4) is 0 Å². The molecule has 0 unspecified atom stereocenters. The van der Waals surface area contributed by atoms with E-state index < -0.39 is 0 Å². The summed E-state index contributed by atoms with van der Waals surface area (Å²) in [6.07, 6.45) is 1.61. The summed E-state index contributed by atoms with van der Waals surface area (Å²) in [5.41, 5.74) is 1.07. The average Bonchev–Trinajstić information content (AvgIpc) is 2.71. The zero-order valence-corrected chi connectivity index (χ0v) is 15.0. The van der Waals surface area contributed by atoms with Gasteiger partial charge in [0.1, 0.15) is 11.5 Å². The number of rotatable bonds is 4. The Balaban J connectivity index is 2.34. The van der Waals surface area contributed by atoms with Crippen molar-refractivity contribution in [1.29, 1.82) is 0 Å². The number of benzene rings is 3. The van der Waals surface area contributed by atoms with Crippen LogP contribution in [0.4, 0.5) is 0 Å². The predicted molar refractivity (Wildman–Crippen MR) is 105 cm³/mol. The molecule has 0 spiro atoms. The highest BCUT2D eigenvalue weighted by atomic mass is 16.5. The van der Waals surface area contributed by atoms with E-state index in [1.165, 1.54) is 7.11 Å². The Kier molecular flexibility index (Phi) is 4.22. The first kappa shape index (κ1) is 17.3. The zero-order chi connectivity index (χ0) is 19.1. The third kappa shape index (κ3) is 2.53. The van der Waals surface area contributed by atoms with Gasteiger partial charge in [0, 0.05) is 17.3 Å². The number of hydrogen-bond donors (Lipinski definition) is 3. The van der Waals surface area contributed by atoms with Crippen LogP contribution < -0.4 is 15.0 Å². The van der Waals surface area contributed by atoms with E-state index in [4.69, 9.17) is 9.47 Å². The van der Waals surface area contributed by atoms with Gasteiger partial charge in [-0.3, -0.25) is 4.79 Å². The van der Waals surface area contributed by atoms with Gasteiger partial charge in [-0.2, -0.15) is 0 Å². The first-order valence-corrected chi connectivity index (χ1v) is 8.49. The fourth-order valence-corrected chi connectivity index (χ4v) is 3.72. The molecule has 0 aliphatic heterocycles. The second-order valence-corrected chi connectivity index (χ2v) is 6.33. The molecule has 0 atom stereocenters. The molecule has 0 aliphatic carbocycles. The monoisotopic (exact) mass is 365 g/mol. The maximum Gasteiger partial charge on any atom is 0.256 e. The number of aromatic amines is 1. The minimum absolute atomic E-state index is 0.170. The molecule has 3 N–H and O–H groups in total. The van der Waals surface area contributed by atoms with Gasteiger partial charge < -0.3 is 24.7 Å². The molecule has 1 aromatic heterocycles. The Hall–Kier alpha value is -3.09. The van der Waals surface area contributed by atoms with E-state index in [9.17, 15) is 15.0 Å². The highest BCUT2D eigenvalue weighted by Crippen LogP contribution is 2.39. The molecule has 0 bridgehead atoms. The van der Waals surface area contributed by atoms with Gasteiger partial charge in [-0.25, -0.2) is 0 Å². The lowest BCUT2D eigenvalue weighted by molar-refractivity contribution is 0.273. The van der Waals surface area contributed by atoms with Crippen molar-refractivity contribution in [3.63, 3.8) is 0 Å². The maximum absolute atomic E-state index is 12.7. The van der Waals surface area contributed by atoms with Gasteiger partial charge in [0.05, 0.1) is 32.8 Å². The molecule has 0 amide bonds. The number of methoxy groups -OCH3 is 2. The Morgan fingerprint density at radius 2 is 1.33 bits per heavy atom. The zero-order valence-electron chi connectivity index (χ0n) is 15.0. The third-order valence-corrected chi connectivity index (χ3v) is 4.99. The number of H-pyrrole nitrogens is 1. The number of aliphatic hydroxyl groups excluding tert-OH is 2. The summed E-state index contributed by atoms with van der Waals surface area (Å²) < 4.78 is 10.8. The van der Waals surface area contributed by atoms with Gasteiger partial charge in [-0.1, -0.05) is 0 Å². The van der Waals surface area contributed by atoms with Crippen molar-refractivity contribution in [2.45, 2.75) is 13.2 Å². The lowest BCUT2D eigenvalue weighted by Crippen LogP contribution is -2.06. The summed E-state index contributed by atoms with van der Waals surface area (Å²) in [6.45, 7) is -0.357. The van der Waals surface area contributed by atoms with E-state index in [0.29, 0.717) is 28.0 Å². The minimum Gasteiger partial charge on any atom is -0.496 e. The molecule has 0 saturated carbocycles. The molecule has 0 saturated heterocycles. The first-order valence-electron chi connectivity index (χ1n) is 8.49. The van der Waals surface area contributed by atoms with Crippen LogP contribution in [0, 0.1) is 0 Å². The van der Waals surface area contributed by atoms with Crippen molar-refractivity contribution in [1.82, 2.24) is 4.98 Å². The predicted octanol–water partition coefficient (Wildman–Crippen LogP) is 2.84. The highest BCUT2D eigenvalue weighted by molar-refractivity contribution is 6.25. The van der Waals surface area contributed by atoms with Crippen LogP contribution in [0.1, 0.15) is 11.1 Å². The number of ether oxygens (including phenoxy) is 2. The Morgan fingerprint density at radius 3 is 1.89 bits per heavy atom.